The van der Waals surface area contributed by atoms with Gasteiger partial charge >= 0.3 is 0 Å². The third-order valence-corrected chi connectivity index (χ3v) is 3.23. The largest absolute Gasteiger partial charge is 0.309 e. The SMILES string of the molecule is Cc1nc(Cc2ccccc2)[nH]c(=O)c1Br. The maximum Gasteiger partial charge on any atom is 0.265 e. The van der Waals surface area contributed by atoms with E-state index in [9.17, 15) is 4.79 Å². The van der Waals surface area contributed by atoms with Gasteiger partial charge in [0.1, 0.15) is 10.3 Å². The van der Waals surface area contributed by atoms with Gasteiger partial charge in [0.2, 0.25) is 0 Å². The Labute approximate surface area is 102 Å². The van der Waals surface area contributed by atoms with Crippen LogP contribution in [-0.4, -0.2) is 9.97 Å². The van der Waals surface area contributed by atoms with E-state index in [0.717, 1.165) is 11.3 Å². The van der Waals surface area contributed by atoms with Crippen LogP contribution in [0, 0.1) is 6.92 Å². The van der Waals surface area contributed by atoms with E-state index in [-0.39, 0.29) is 5.56 Å². The first-order valence-corrected chi connectivity index (χ1v) is 5.75. The molecule has 1 heterocycles. The monoisotopic (exact) mass is 278 g/mol. The summed E-state index contributed by atoms with van der Waals surface area (Å²) in [5, 5.41) is 0. The first-order valence-electron chi connectivity index (χ1n) is 4.96. The maximum atomic E-state index is 11.5. The highest BCUT2D eigenvalue weighted by atomic mass is 79.9. The highest BCUT2D eigenvalue weighted by Crippen LogP contribution is 2.09. The van der Waals surface area contributed by atoms with Gasteiger partial charge in [0.15, 0.2) is 0 Å². The van der Waals surface area contributed by atoms with Crippen molar-refractivity contribution in [2.75, 3.05) is 0 Å². The van der Waals surface area contributed by atoms with Crippen LogP contribution in [0.2, 0.25) is 0 Å². The van der Waals surface area contributed by atoms with Gasteiger partial charge in [-0.1, -0.05) is 30.3 Å². The Hall–Kier alpha value is -1.42. The molecule has 16 heavy (non-hydrogen) atoms. The summed E-state index contributed by atoms with van der Waals surface area (Å²) in [5.41, 5.74) is 1.72. The van der Waals surface area contributed by atoms with E-state index in [4.69, 9.17) is 0 Å². The summed E-state index contributed by atoms with van der Waals surface area (Å²) in [6, 6.07) is 9.93. The first kappa shape index (κ1) is 11.1. The van der Waals surface area contributed by atoms with Crippen LogP contribution < -0.4 is 5.56 Å². The van der Waals surface area contributed by atoms with Crippen molar-refractivity contribution in [3.05, 3.63) is 62.2 Å². The quantitative estimate of drug-likeness (QED) is 0.917. The third-order valence-electron chi connectivity index (χ3n) is 2.29. The molecule has 0 aliphatic heterocycles. The van der Waals surface area contributed by atoms with Gasteiger partial charge in [0.25, 0.3) is 5.56 Å². The Morgan fingerprint density at radius 2 is 2.00 bits per heavy atom. The van der Waals surface area contributed by atoms with Crippen LogP contribution in [0.4, 0.5) is 0 Å². The number of aromatic nitrogens is 2. The van der Waals surface area contributed by atoms with Crippen molar-refractivity contribution in [2.45, 2.75) is 13.3 Å². The smallest absolute Gasteiger partial charge is 0.265 e. The van der Waals surface area contributed by atoms with Crippen LogP contribution >= 0.6 is 15.9 Å². The van der Waals surface area contributed by atoms with Gasteiger partial charge in [-0.3, -0.25) is 4.79 Å². The summed E-state index contributed by atoms with van der Waals surface area (Å²) in [4.78, 5) is 18.6. The minimum absolute atomic E-state index is 0.126. The van der Waals surface area contributed by atoms with Gasteiger partial charge < -0.3 is 4.98 Å². The lowest BCUT2D eigenvalue weighted by molar-refractivity contribution is 0.911. The molecule has 0 radical (unpaired) electrons. The first-order chi connectivity index (χ1) is 7.66. The van der Waals surface area contributed by atoms with Crippen LogP contribution in [-0.2, 0) is 6.42 Å². The van der Waals surface area contributed by atoms with Crippen molar-refractivity contribution in [2.24, 2.45) is 0 Å². The molecule has 1 N–H and O–H groups in total. The summed E-state index contributed by atoms with van der Waals surface area (Å²) >= 11 is 3.19. The number of nitrogens with one attached hydrogen (secondary N) is 1. The molecule has 0 unspecified atom stereocenters. The fraction of sp³-hybridized carbons (Fsp3) is 0.167. The van der Waals surface area contributed by atoms with Crippen LogP contribution in [0.1, 0.15) is 17.1 Å². The van der Waals surface area contributed by atoms with Gasteiger partial charge in [0, 0.05) is 6.42 Å². The number of aryl methyl sites for hydroxylation is 1. The molecule has 2 aromatic rings. The molecule has 1 aromatic heterocycles. The van der Waals surface area contributed by atoms with Crippen LogP contribution in [0.5, 0.6) is 0 Å². The molecule has 0 bridgehead atoms. The molecular weight excluding hydrogens is 268 g/mol. The van der Waals surface area contributed by atoms with E-state index in [0.29, 0.717) is 16.7 Å². The summed E-state index contributed by atoms with van der Waals surface area (Å²) in [6.07, 6.45) is 0.643. The fourth-order valence-corrected chi connectivity index (χ4v) is 1.69. The molecule has 0 aliphatic carbocycles. The van der Waals surface area contributed by atoms with Crippen LogP contribution in [0.3, 0.4) is 0 Å². The van der Waals surface area contributed by atoms with E-state index >= 15 is 0 Å². The number of hydrogen-bond acceptors (Lipinski definition) is 2. The molecule has 0 aliphatic rings. The van der Waals surface area contributed by atoms with Crippen molar-refractivity contribution >= 4 is 15.9 Å². The minimum Gasteiger partial charge on any atom is -0.309 e. The second-order valence-corrected chi connectivity index (χ2v) is 4.37. The fourth-order valence-electron chi connectivity index (χ4n) is 1.50. The number of rotatable bonds is 2. The molecule has 0 saturated carbocycles. The molecule has 0 spiro atoms. The predicted octanol–water partition coefficient (Wildman–Crippen LogP) is 2.43. The predicted molar refractivity (Wildman–Crippen MR) is 66.5 cm³/mol. The van der Waals surface area contributed by atoms with Crippen LogP contribution in [0.15, 0.2) is 39.6 Å². The molecule has 0 amide bonds. The summed E-state index contributed by atoms with van der Waals surface area (Å²) < 4.78 is 0.504. The number of benzene rings is 1. The lowest BCUT2D eigenvalue weighted by Gasteiger charge is -2.03. The van der Waals surface area contributed by atoms with Gasteiger partial charge in [-0.2, -0.15) is 0 Å². The number of hydrogen-bond donors (Lipinski definition) is 1. The Bertz CT molecular complexity index is 549. The Balaban J connectivity index is 2.33. The summed E-state index contributed by atoms with van der Waals surface area (Å²) in [7, 11) is 0. The second-order valence-electron chi connectivity index (χ2n) is 3.57. The molecule has 3 nitrogen and oxygen atoms in total. The molecular formula is C12H11BrN2O. The number of aromatic amines is 1. The average molecular weight is 279 g/mol. The molecule has 0 saturated heterocycles. The second kappa shape index (κ2) is 4.61. The van der Waals surface area contributed by atoms with Gasteiger partial charge in [-0.05, 0) is 28.4 Å². The topological polar surface area (TPSA) is 45.8 Å². The van der Waals surface area contributed by atoms with Gasteiger partial charge in [0.05, 0.1) is 5.69 Å². The van der Waals surface area contributed by atoms with E-state index in [2.05, 4.69) is 25.9 Å². The zero-order valence-electron chi connectivity index (χ0n) is 8.83. The van der Waals surface area contributed by atoms with Gasteiger partial charge in [-0.25, -0.2) is 4.98 Å². The van der Waals surface area contributed by atoms with Crippen molar-refractivity contribution in [1.82, 2.24) is 9.97 Å². The molecule has 2 rings (SSSR count). The Morgan fingerprint density at radius 1 is 1.31 bits per heavy atom. The normalized spacial score (nSPS) is 10.4. The minimum atomic E-state index is -0.126. The lowest BCUT2D eigenvalue weighted by Crippen LogP contribution is -2.14. The van der Waals surface area contributed by atoms with Crippen LogP contribution in [0.25, 0.3) is 0 Å². The highest BCUT2D eigenvalue weighted by Gasteiger charge is 2.05. The lowest BCUT2D eigenvalue weighted by atomic mass is 10.1. The molecule has 1 aromatic carbocycles. The van der Waals surface area contributed by atoms with Crippen molar-refractivity contribution in [3.63, 3.8) is 0 Å². The number of H-pyrrole nitrogens is 1. The Kier molecular flexibility index (Phi) is 3.19. The number of nitrogens with zero attached hydrogens (tertiary/aromatic N) is 1. The van der Waals surface area contributed by atoms with Crippen molar-refractivity contribution in [3.8, 4) is 0 Å². The zero-order chi connectivity index (χ0) is 11.5. The number of halogens is 1. The average Bonchev–Trinajstić information content (AvgIpc) is 2.27. The van der Waals surface area contributed by atoms with Crippen molar-refractivity contribution in [1.29, 1.82) is 0 Å². The molecule has 4 heteroatoms. The molecule has 0 fully saturated rings. The van der Waals surface area contributed by atoms with E-state index in [1.54, 1.807) is 0 Å². The maximum absolute atomic E-state index is 11.5. The Morgan fingerprint density at radius 3 is 2.62 bits per heavy atom. The van der Waals surface area contributed by atoms with Gasteiger partial charge in [-0.15, -0.1) is 0 Å². The highest BCUT2D eigenvalue weighted by molar-refractivity contribution is 9.10. The van der Waals surface area contributed by atoms with Crippen molar-refractivity contribution < 1.29 is 0 Å². The third kappa shape index (κ3) is 2.39. The standard InChI is InChI=1S/C12H11BrN2O/c1-8-11(13)12(16)15-10(14-8)7-9-5-3-2-4-6-9/h2-6H,7H2,1H3,(H,14,15,16). The van der Waals surface area contributed by atoms with E-state index < -0.39 is 0 Å². The zero-order valence-corrected chi connectivity index (χ0v) is 10.4. The summed E-state index contributed by atoms with van der Waals surface area (Å²) in [5.74, 6) is 0.692. The molecule has 0 atom stereocenters. The van der Waals surface area contributed by atoms with E-state index in [1.165, 1.54) is 0 Å². The van der Waals surface area contributed by atoms with E-state index in [1.807, 2.05) is 37.3 Å². The molecule has 82 valence electrons. The summed E-state index contributed by atoms with van der Waals surface area (Å²) in [6.45, 7) is 1.81.